The van der Waals surface area contributed by atoms with E-state index in [9.17, 15) is 31.1 Å². The number of benzene rings is 1. The van der Waals surface area contributed by atoms with Crippen LogP contribution in [0, 0.1) is 17.6 Å². The van der Waals surface area contributed by atoms with E-state index in [1.165, 1.54) is 19.1 Å². The maximum absolute atomic E-state index is 14.9. The van der Waals surface area contributed by atoms with Gasteiger partial charge in [-0.2, -0.15) is 13.9 Å². The van der Waals surface area contributed by atoms with E-state index in [1.54, 1.807) is 0 Å². The number of fused-ring (bicyclic) bond motifs is 3. The van der Waals surface area contributed by atoms with E-state index in [0.29, 0.717) is 16.3 Å². The normalized spacial score (nSPS) is 23.3. The van der Waals surface area contributed by atoms with Gasteiger partial charge in [-0.3, -0.25) is 9.48 Å². The van der Waals surface area contributed by atoms with Crippen LogP contribution in [0.5, 0.6) is 0 Å². The topological polar surface area (TPSA) is 46.9 Å². The van der Waals surface area contributed by atoms with E-state index in [1.807, 2.05) is 0 Å². The van der Waals surface area contributed by atoms with Gasteiger partial charge >= 0.3 is 0 Å². The number of halogens is 6. The fourth-order valence-corrected chi connectivity index (χ4v) is 4.28. The number of carbonyl (C=O) groups excluding carboxylic acids is 1. The molecule has 1 N–H and O–H groups in total. The van der Waals surface area contributed by atoms with E-state index in [0.717, 1.165) is 12.1 Å². The first-order valence-corrected chi connectivity index (χ1v) is 9.22. The van der Waals surface area contributed by atoms with Gasteiger partial charge in [0.05, 0.1) is 5.92 Å². The second-order valence-corrected chi connectivity index (χ2v) is 7.69. The third-order valence-electron chi connectivity index (χ3n) is 5.66. The van der Waals surface area contributed by atoms with Crippen molar-refractivity contribution >= 4 is 5.91 Å². The molecule has 1 aromatic heterocycles. The Morgan fingerprint density at radius 3 is 2.47 bits per heavy atom. The van der Waals surface area contributed by atoms with Crippen LogP contribution in [0.25, 0.3) is 0 Å². The predicted octanol–water partition coefficient (Wildman–Crippen LogP) is 4.01. The number of aromatic nitrogens is 2. The van der Waals surface area contributed by atoms with E-state index < -0.39 is 59.2 Å². The summed E-state index contributed by atoms with van der Waals surface area (Å²) in [6, 6.07) is 2.92. The Hall–Kier alpha value is -2.78. The SMILES string of the molecule is C[C@]12C=C[C@H]1C(F)(F)c1c2c(C(F)F)nn1CC(=O)NCCc1cc(F)cc(F)c1. The maximum atomic E-state index is 14.9. The number of nitrogens with zero attached hydrogens (tertiary/aromatic N) is 2. The number of hydrogen-bond donors (Lipinski definition) is 1. The molecule has 0 unspecified atom stereocenters. The molecule has 2 aromatic rings. The van der Waals surface area contributed by atoms with Gasteiger partial charge in [-0.25, -0.2) is 17.6 Å². The molecule has 0 spiro atoms. The van der Waals surface area contributed by atoms with Gasteiger partial charge in [0.1, 0.15) is 29.6 Å². The molecule has 0 radical (unpaired) electrons. The van der Waals surface area contributed by atoms with Gasteiger partial charge < -0.3 is 5.32 Å². The molecule has 0 saturated heterocycles. The minimum absolute atomic E-state index is 0.0226. The molecule has 30 heavy (non-hydrogen) atoms. The van der Waals surface area contributed by atoms with Crippen LogP contribution >= 0.6 is 0 Å². The summed E-state index contributed by atoms with van der Waals surface area (Å²) in [6.07, 6.45) is -0.239. The van der Waals surface area contributed by atoms with Gasteiger partial charge in [0, 0.05) is 23.6 Å². The van der Waals surface area contributed by atoms with Crippen LogP contribution in [0.3, 0.4) is 0 Å². The number of alkyl halides is 4. The summed E-state index contributed by atoms with van der Waals surface area (Å²) in [5.74, 6) is -6.94. The predicted molar refractivity (Wildman–Crippen MR) is 94.1 cm³/mol. The number of allylic oxidation sites excluding steroid dienone is 2. The van der Waals surface area contributed by atoms with E-state index in [-0.39, 0.29) is 18.5 Å². The molecule has 2 aliphatic rings. The van der Waals surface area contributed by atoms with Crippen LogP contribution in [0.1, 0.15) is 35.9 Å². The van der Waals surface area contributed by atoms with Crippen molar-refractivity contribution in [3.8, 4) is 0 Å². The van der Waals surface area contributed by atoms with Crippen LogP contribution in [0.15, 0.2) is 30.4 Å². The van der Waals surface area contributed by atoms with Gasteiger partial charge in [0.15, 0.2) is 0 Å². The van der Waals surface area contributed by atoms with Crippen LogP contribution in [-0.2, 0) is 29.1 Å². The van der Waals surface area contributed by atoms with Crippen molar-refractivity contribution in [2.75, 3.05) is 6.54 Å². The minimum atomic E-state index is -3.43. The maximum Gasteiger partial charge on any atom is 0.297 e. The van der Waals surface area contributed by atoms with Gasteiger partial charge in [0.2, 0.25) is 5.91 Å². The van der Waals surface area contributed by atoms with Crippen molar-refractivity contribution in [2.45, 2.75) is 37.7 Å². The molecule has 2 aliphatic carbocycles. The molecule has 1 aromatic carbocycles. The smallest absolute Gasteiger partial charge is 0.297 e. The third-order valence-corrected chi connectivity index (χ3v) is 5.66. The molecule has 0 saturated carbocycles. The molecule has 2 atom stereocenters. The second kappa shape index (κ2) is 6.88. The average Bonchev–Trinajstić information content (AvgIpc) is 3.03. The molecule has 160 valence electrons. The van der Waals surface area contributed by atoms with Gasteiger partial charge in [0.25, 0.3) is 12.3 Å². The molecule has 0 aliphatic heterocycles. The lowest BCUT2D eigenvalue weighted by Crippen LogP contribution is -2.39. The first-order chi connectivity index (χ1) is 14.0. The van der Waals surface area contributed by atoms with Gasteiger partial charge in [-0.15, -0.1) is 0 Å². The van der Waals surface area contributed by atoms with Crippen molar-refractivity contribution < 1.29 is 31.1 Å². The fourth-order valence-electron chi connectivity index (χ4n) is 4.28. The zero-order chi connectivity index (χ0) is 21.8. The Bertz CT molecular complexity index is 1030. The fraction of sp³-hybridized carbons (Fsp3) is 0.400. The van der Waals surface area contributed by atoms with Crippen LogP contribution in [0.4, 0.5) is 26.3 Å². The zero-order valence-electron chi connectivity index (χ0n) is 15.7. The summed E-state index contributed by atoms with van der Waals surface area (Å²) in [5.41, 5.74) is -2.59. The van der Waals surface area contributed by atoms with Gasteiger partial charge in [-0.1, -0.05) is 19.1 Å². The van der Waals surface area contributed by atoms with Crippen LogP contribution in [0.2, 0.25) is 0 Å². The highest BCUT2D eigenvalue weighted by Crippen LogP contribution is 2.63. The lowest BCUT2D eigenvalue weighted by atomic mass is 9.67. The van der Waals surface area contributed by atoms with Crippen molar-refractivity contribution in [2.24, 2.45) is 5.92 Å². The van der Waals surface area contributed by atoms with E-state index in [4.69, 9.17) is 0 Å². The first kappa shape index (κ1) is 20.5. The molecular formula is C20H17F6N3O. The second-order valence-electron chi connectivity index (χ2n) is 7.69. The summed E-state index contributed by atoms with van der Waals surface area (Å²) in [7, 11) is 0. The van der Waals surface area contributed by atoms with E-state index >= 15 is 0 Å². The summed E-state index contributed by atoms with van der Waals surface area (Å²) in [6.45, 7) is 0.754. The number of hydrogen-bond acceptors (Lipinski definition) is 2. The monoisotopic (exact) mass is 429 g/mol. The molecule has 1 amide bonds. The average molecular weight is 429 g/mol. The standard InChI is InChI=1S/C20H17F6N3O/c1-19-4-2-13(19)20(25,26)17-15(19)16(18(23)24)28-29(17)9-14(30)27-5-3-10-6-11(21)8-12(22)7-10/h2,4,6-8,13,18H,3,5,9H2,1H3,(H,27,30)/t13-,19+/m1/s1. The summed E-state index contributed by atoms with van der Waals surface area (Å²) in [5, 5.41) is 6.04. The summed E-state index contributed by atoms with van der Waals surface area (Å²) >= 11 is 0. The zero-order valence-corrected chi connectivity index (χ0v) is 15.7. The Labute approximate surface area is 167 Å². The Morgan fingerprint density at radius 1 is 1.23 bits per heavy atom. The van der Waals surface area contributed by atoms with Gasteiger partial charge in [-0.05, 0) is 24.1 Å². The van der Waals surface area contributed by atoms with Crippen molar-refractivity contribution in [3.63, 3.8) is 0 Å². The quantitative estimate of drug-likeness (QED) is 0.557. The van der Waals surface area contributed by atoms with Crippen molar-refractivity contribution in [3.05, 3.63) is 64.5 Å². The van der Waals surface area contributed by atoms with Crippen LogP contribution in [-0.4, -0.2) is 22.2 Å². The third kappa shape index (κ3) is 3.09. The lowest BCUT2D eigenvalue weighted by molar-refractivity contribution is -0.122. The number of nitrogens with one attached hydrogen (secondary N) is 1. The van der Waals surface area contributed by atoms with Crippen molar-refractivity contribution in [1.82, 2.24) is 15.1 Å². The summed E-state index contributed by atoms with van der Waals surface area (Å²) in [4.78, 5) is 12.2. The number of rotatable bonds is 6. The lowest BCUT2D eigenvalue weighted by Gasteiger charge is -2.37. The molecule has 0 bridgehead atoms. The molecule has 4 rings (SSSR count). The Morgan fingerprint density at radius 2 is 1.90 bits per heavy atom. The molecular weight excluding hydrogens is 412 g/mol. The molecule has 1 heterocycles. The first-order valence-electron chi connectivity index (χ1n) is 9.22. The minimum Gasteiger partial charge on any atom is -0.354 e. The molecule has 10 heteroatoms. The number of carbonyl (C=O) groups is 1. The highest BCUT2D eigenvalue weighted by Gasteiger charge is 2.65. The van der Waals surface area contributed by atoms with Crippen molar-refractivity contribution in [1.29, 1.82) is 0 Å². The highest BCUT2D eigenvalue weighted by atomic mass is 19.3. The Kier molecular flexibility index (Phi) is 4.70. The summed E-state index contributed by atoms with van der Waals surface area (Å²) < 4.78 is 83.7. The number of amides is 1. The molecule has 4 nitrogen and oxygen atoms in total. The highest BCUT2D eigenvalue weighted by molar-refractivity contribution is 5.76. The largest absolute Gasteiger partial charge is 0.354 e. The van der Waals surface area contributed by atoms with E-state index in [2.05, 4.69) is 10.4 Å². The molecule has 0 fully saturated rings. The van der Waals surface area contributed by atoms with Crippen LogP contribution < -0.4 is 5.32 Å². The Balaban J connectivity index is 1.51.